The highest BCUT2D eigenvalue weighted by Crippen LogP contribution is 2.26. The molecule has 0 spiro atoms. The van der Waals surface area contributed by atoms with Crippen LogP contribution in [-0.2, 0) is 4.79 Å². The van der Waals surface area contributed by atoms with Crippen molar-refractivity contribution < 1.29 is 18.4 Å². The zero-order valence-corrected chi connectivity index (χ0v) is 17.4. The molecule has 0 bridgehead atoms. The van der Waals surface area contributed by atoms with Crippen LogP contribution in [-0.4, -0.2) is 46.8 Å². The Balaban J connectivity index is 1.50. The normalized spacial score (nSPS) is 20.7. The van der Waals surface area contributed by atoms with E-state index in [1.165, 1.54) is 61.9 Å². The fourth-order valence-corrected chi connectivity index (χ4v) is 4.74. The first-order valence-corrected chi connectivity index (χ1v) is 11.1. The van der Waals surface area contributed by atoms with Gasteiger partial charge in [0.2, 0.25) is 0 Å². The highest BCUT2D eigenvalue weighted by molar-refractivity contribution is 8.15. The van der Waals surface area contributed by atoms with Gasteiger partial charge in [-0.3, -0.25) is 9.59 Å². The number of nitrogens with one attached hydrogen (secondary N) is 1. The largest absolute Gasteiger partial charge is 0.362 e. The van der Waals surface area contributed by atoms with E-state index in [0.29, 0.717) is 17.6 Å². The number of rotatable bonds is 5. The van der Waals surface area contributed by atoms with Gasteiger partial charge in [-0.2, -0.15) is 4.99 Å². The topological polar surface area (TPSA) is 61.8 Å². The van der Waals surface area contributed by atoms with E-state index in [-0.39, 0.29) is 17.7 Å². The number of carbonyl (C=O) groups excluding carboxylic acids is 2. The first-order valence-electron chi connectivity index (χ1n) is 10.2. The van der Waals surface area contributed by atoms with Crippen molar-refractivity contribution in [1.82, 2.24) is 10.2 Å². The second kappa shape index (κ2) is 10.2. The first kappa shape index (κ1) is 21.7. The van der Waals surface area contributed by atoms with Crippen LogP contribution in [0, 0.1) is 11.6 Å². The molecule has 1 unspecified atom stereocenters. The van der Waals surface area contributed by atoms with E-state index >= 15 is 0 Å². The highest BCUT2D eigenvalue weighted by atomic mass is 32.2. The van der Waals surface area contributed by atoms with E-state index < -0.39 is 23.1 Å². The summed E-state index contributed by atoms with van der Waals surface area (Å²) in [6.45, 7) is 0.211. The summed E-state index contributed by atoms with van der Waals surface area (Å²) < 4.78 is 27.6. The maximum absolute atomic E-state index is 13.8. The zero-order valence-electron chi connectivity index (χ0n) is 16.6. The van der Waals surface area contributed by atoms with E-state index in [1.54, 1.807) is 0 Å². The van der Waals surface area contributed by atoms with Crippen LogP contribution < -0.4 is 5.32 Å². The van der Waals surface area contributed by atoms with Crippen LogP contribution in [0.5, 0.6) is 0 Å². The van der Waals surface area contributed by atoms with Gasteiger partial charge in [-0.15, -0.1) is 0 Å². The minimum Gasteiger partial charge on any atom is -0.362 e. The number of thioether (sulfide) groups is 1. The molecule has 0 radical (unpaired) electrons. The van der Waals surface area contributed by atoms with Crippen molar-refractivity contribution in [3.63, 3.8) is 0 Å². The van der Waals surface area contributed by atoms with Crippen LogP contribution in [0.4, 0.5) is 8.78 Å². The van der Waals surface area contributed by atoms with E-state index in [2.05, 4.69) is 10.3 Å². The zero-order chi connectivity index (χ0) is 20.8. The van der Waals surface area contributed by atoms with E-state index in [0.717, 1.165) is 25.0 Å². The quantitative estimate of drug-likeness (QED) is 0.774. The Morgan fingerprint density at radius 2 is 1.79 bits per heavy atom. The Hall–Kier alpha value is -1.96. The van der Waals surface area contributed by atoms with Crippen molar-refractivity contribution in [2.45, 2.75) is 62.7 Å². The van der Waals surface area contributed by atoms with Gasteiger partial charge in [0.1, 0.15) is 17.2 Å². The predicted octanol–water partition coefficient (Wildman–Crippen LogP) is 4.13. The van der Waals surface area contributed by atoms with Crippen LogP contribution in [0.3, 0.4) is 0 Å². The monoisotopic (exact) mass is 423 g/mol. The maximum atomic E-state index is 13.8. The lowest BCUT2D eigenvalue weighted by atomic mass is 9.97. The van der Waals surface area contributed by atoms with Gasteiger partial charge < -0.3 is 10.2 Å². The van der Waals surface area contributed by atoms with Crippen molar-refractivity contribution in [1.29, 1.82) is 0 Å². The fraction of sp³-hybridized carbons (Fsp3) is 0.571. The van der Waals surface area contributed by atoms with Gasteiger partial charge in [0.15, 0.2) is 5.17 Å². The van der Waals surface area contributed by atoms with Gasteiger partial charge in [-0.05, 0) is 31.4 Å². The molecule has 0 saturated heterocycles. The standard InChI is InChI=1S/C21H27F2N3O2S/c1-26(20(28)18-15(22)10-7-11-16(18)23)13-12-17-19(27)25-21(29-17)24-14-8-5-3-2-4-6-9-14/h7,10-11,14,17H,2-6,8-9,12-13H2,1H3,(H,24,25,27). The van der Waals surface area contributed by atoms with Crippen molar-refractivity contribution in [3.8, 4) is 0 Å². The van der Waals surface area contributed by atoms with Crippen LogP contribution >= 0.6 is 11.8 Å². The molecule has 1 aromatic rings. The van der Waals surface area contributed by atoms with Crippen LogP contribution in [0.1, 0.15) is 61.7 Å². The van der Waals surface area contributed by atoms with Crippen LogP contribution in [0.15, 0.2) is 23.2 Å². The molecule has 1 atom stereocenters. The number of carbonyl (C=O) groups is 2. The molecule has 1 aliphatic heterocycles. The summed E-state index contributed by atoms with van der Waals surface area (Å²) in [5, 5.41) is 3.68. The lowest BCUT2D eigenvalue weighted by molar-refractivity contribution is -0.117. The third kappa shape index (κ3) is 5.78. The summed E-state index contributed by atoms with van der Waals surface area (Å²) in [6.07, 6.45) is 8.73. The molecule has 1 aliphatic carbocycles. The smallest absolute Gasteiger partial charge is 0.261 e. The van der Waals surface area contributed by atoms with Crippen molar-refractivity contribution >= 4 is 28.7 Å². The summed E-state index contributed by atoms with van der Waals surface area (Å²) in [6, 6.07) is 3.68. The minimum absolute atomic E-state index is 0.211. The number of hydrogen-bond donors (Lipinski definition) is 1. The lowest BCUT2D eigenvalue weighted by Crippen LogP contribution is -2.33. The summed E-state index contributed by atoms with van der Waals surface area (Å²) in [5.41, 5.74) is -0.566. The Morgan fingerprint density at radius 3 is 2.45 bits per heavy atom. The van der Waals surface area contributed by atoms with Crippen molar-refractivity contribution in [3.05, 3.63) is 35.4 Å². The summed E-state index contributed by atoms with van der Waals surface area (Å²) in [7, 11) is 1.48. The summed E-state index contributed by atoms with van der Waals surface area (Å²) in [4.78, 5) is 30.0. The molecule has 29 heavy (non-hydrogen) atoms. The van der Waals surface area contributed by atoms with Gasteiger partial charge in [-0.25, -0.2) is 8.78 Å². The number of hydrogen-bond acceptors (Lipinski definition) is 4. The molecule has 0 aromatic heterocycles. The fourth-order valence-electron chi connectivity index (χ4n) is 3.71. The summed E-state index contributed by atoms with van der Waals surface area (Å²) in [5.74, 6) is -2.73. The molecule has 3 rings (SSSR count). The second-order valence-electron chi connectivity index (χ2n) is 7.66. The second-order valence-corrected chi connectivity index (χ2v) is 8.85. The Bertz CT molecular complexity index is 759. The Morgan fingerprint density at radius 1 is 1.17 bits per heavy atom. The third-order valence-corrected chi connectivity index (χ3v) is 6.58. The summed E-state index contributed by atoms with van der Waals surface area (Å²) >= 11 is 1.38. The van der Waals surface area contributed by atoms with Gasteiger partial charge in [0, 0.05) is 19.6 Å². The number of nitrogens with zero attached hydrogens (tertiary/aromatic N) is 2. The SMILES string of the molecule is CN(CCC1SC(NC2CCCCCCC2)=NC1=O)C(=O)c1c(F)cccc1F. The first-order chi connectivity index (χ1) is 14.0. The number of halogens is 2. The molecular weight excluding hydrogens is 396 g/mol. The molecule has 1 saturated carbocycles. The predicted molar refractivity (Wildman–Crippen MR) is 111 cm³/mol. The molecule has 1 fully saturated rings. The average molecular weight is 424 g/mol. The molecule has 2 aliphatic rings. The molecule has 1 N–H and O–H groups in total. The molecular formula is C21H27F2N3O2S. The molecule has 158 valence electrons. The van der Waals surface area contributed by atoms with Crippen LogP contribution in [0.2, 0.25) is 0 Å². The molecule has 8 heteroatoms. The minimum atomic E-state index is -0.887. The van der Waals surface area contributed by atoms with E-state index in [1.807, 2.05) is 0 Å². The van der Waals surface area contributed by atoms with Gasteiger partial charge >= 0.3 is 0 Å². The molecule has 1 heterocycles. The molecule has 1 aromatic carbocycles. The van der Waals surface area contributed by atoms with Crippen LogP contribution in [0.25, 0.3) is 0 Å². The number of benzene rings is 1. The number of aliphatic imine (C=N–C) groups is 1. The number of amidine groups is 1. The lowest BCUT2D eigenvalue weighted by Gasteiger charge is -2.22. The van der Waals surface area contributed by atoms with Gasteiger partial charge in [0.05, 0.1) is 5.25 Å². The average Bonchev–Trinajstić information content (AvgIpc) is 3.00. The Kier molecular flexibility index (Phi) is 7.64. The van der Waals surface area contributed by atoms with E-state index in [9.17, 15) is 18.4 Å². The van der Waals surface area contributed by atoms with Crippen molar-refractivity contribution in [2.75, 3.05) is 13.6 Å². The van der Waals surface area contributed by atoms with Gasteiger partial charge in [-0.1, -0.05) is 49.9 Å². The highest BCUT2D eigenvalue weighted by Gasteiger charge is 2.30. The maximum Gasteiger partial charge on any atom is 0.261 e. The molecule has 2 amide bonds. The number of amides is 2. The van der Waals surface area contributed by atoms with Crippen molar-refractivity contribution in [2.24, 2.45) is 4.99 Å². The van der Waals surface area contributed by atoms with Gasteiger partial charge in [0.25, 0.3) is 11.8 Å². The molecule has 5 nitrogen and oxygen atoms in total. The third-order valence-electron chi connectivity index (χ3n) is 5.42. The Labute approximate surface area is 174 Å². The van der Waals surface area contributed by atoms with E-state index in [4.69, 9.17) is 0 Å².